The summed E-state index contributed by atoms with van der Waals surface area (Å²) >= 11 is 0.191. The predicted molar refractivity (Wildman–Crippen MR) is 91.5 cm³/mol. The van der Waals surface area contributed by atoms with E-state index in [1.54, 1.807) is 16.7 Å². The van der Waals surface area contributed by atoms with E-state index in [1.807, 2.05) is 5.57 Å². The second-order valence-electron chi connectivity index (χ2n) is 6.49. The first-order valence-electron chi connectivity index (χ1n) is 8.76. The molecule has 0 aromatic carbocycles. The first-order valence-corrected chi connectivity index (χ1v) is 11.4. The van der Waals surface area contributed by atoms with Crippen molar-refractivity contribution in [3.8, 4) is 0 Å². The Morgan fingerprint density at radius 2 is 1.48 bits per heavy atom. The van der Waals surface area contributed by atoms with Crippen LogP contribution in [0.4, 0.5) is 0 Å². The Morgan fingerprint density at radius 3 is 1.86 bits per heavy atom. The Bertz CT molecular complexity index is 406. The maximum absolute atomic E-state index is 2.46. The molecule has 0 spiro atoms. The van der Waals surface area contributed by atoms with E-state index >= 15 is 0 Å². The molecule has 21 heavy (non-hydrogen) atoms. The fourth-order valence-electron chi connectivity index (χ4n) is 4.30. The van der Waals surface area contributed by atoms with Crippen LogP contribution in [0, 0.1) is 5.41 Å². The first-order chi connectivity index (χ1) is 10.0. The number of nitrogens with zero attached hydrogens (tertiary/aromatic N) is 1. The van der Waals surface area contributed by atoms with E-state index in [9.17, 15) is 0 Å². The van der Waals surface area contributed by atoms with E-state index in [2.05, 4.69) is 51.9 Å². The topological polar surface area (TPSA) is 3.24 Å². The van der Waals surface area contributed by atoms with Gasteiger partial charge in [-0.1, -0.05) is 0 Å². The van der Waals surface area contributed by atoms with Crippen LogP contribution in [0.25, 0.3) is 0 Å². The summed E-state index contributed by atoms with van der Waals surface area (Å²) in [7, 11) is 4.43. The minimum atomic E-state index is 0.191. The van der Waals surface area contributed by atoms with Crippen LogP contribution in [0.1, 0.15) is 59.8 Å². The second-order valence-corrected chi connectivity index (χ2v) is 8.15. The van der Waals surface area contributed by atoms with Crippen LogP contribution < -0.4 is 0 Å². The summed E-state index contributed by atoms with van der Waals surface area (Å²) in [6.45, 7) is 10.7. The van der Waals surface area contributed by atoms with Gasteiger partial charge in [0.1, 0.15) is 0 Å². The molecule has 0 saturated heterocycles. The van der Waals surface area contributed by atoms with Crippen molar-refractivity contribution in [2.24, 2.45) is 5.41 Å². The molecule has 0 aromatic heterocycles. The van der Waals surface area contributed by atoms with Gasteiger partial charge in [-0.3, -0.25) is 0 Å². The molecule has 0 amide bonds. The number of rotatable bonds is 9. The molecule has 0 saturated carbocycles. The Kier molecular flexibility index (Phi) is 7.95. The summed E-state index contributed by atoms with van der Waals surface area (Å²) in [5.41, 5.74) is 7.53. The fourth-order valence-corrected chi connectivity index (χ4v) is 5.72. The maximum atomic E-state index is 2.46. The van der Waals surface area contributed by atoms with Gasteiger partial charge in [0.2, 0.25) is 0 Å². The standard InChI is InChI=1S/C18H32N.CH3.Ti/c1-8-15-14(5)18(11-4,12-13-19(6)7)17(10-3)16(15)9-2;;/h5,8-13H2,1-4,6-7H3;1H3;. The summed E-state index contributed by atoms with van der Waals surface area (Å²) in [6, 6.07) is 0. The number of hydrogen-bond donors (Lipinski definition) is 0. The first kappa shape index (κ1) is 19.2. The minimum absolute atomic E-state index is 0.191. The number of allylic oxidation sites excluding steroid dienone is 4. The molecule has 1 atom stereocenters. The molecule has 0 bridgehead atoms. The van der Waals surface area contributed by atoms with Gasteiger partial charge < -0.3 is 0 Å². The van der Waals surface area contributed by atoms with E-state index < -0.39 is 0 Å². The third-order valence-corrected chi connectivity index (χ3v) is 6.36. The zero-order chi connectivity index (χ0) is 16.0. The van der Waals surface area contributed by atoms with Crippen LogP contribution in [-0.2, 0) is 19.2 Å². The van der Waals surface area contributed by atoms with Gasteiger partial charge in [0.05, 0.1) is 0 Å². The molecule has 0 aromatic rings. The van der Waals surface area contributed by atoms with Gasteiger partial charge in [0, 0.05) is 0 Å². The van der Waals surface area contributed by atoms with Crippen LogP contribution in [0.3, 0.4) is 0 Å². The van der Waals surface area contributed by atoms with E-state index in [1.165, 1.54) is 43.4 Å². The second kappa shape index (κ2) is 8.70. The SMILES string of the molecule is CCC1=C(CC)C(CC)(CCN(C)C)C([CH2][Ti][CH3])=C1CC. The zero-order valence-electron chi connectivity index (χ0n) is 15.4. The molecule has 0 heterocycles. The van der Waals surface area contributed by atoms with E-state index in [4.69, 9.17) is 0 Å². The van der Waals surface area contributed by atoms with Crippen LogP contribution in [-0.4, -0.2) is 25.5 Å². The average molecular weight is 325 g/mol. The average Bonchev–Trinajstić information content (AvgIpc) is 2.74. The van der Waals surface area contributed by atoms with E-state index in [0.717, 1.165) is 0 Å². The zero-order valence-corrected chi connectivity index (χ0v) is 17.0. The number of hydrogen-bond acceptors (Lipinski definition) is 1. The molecule has 1 rings (SSSR count). The molecule has 0 fully saturated rings. The Morgan fingerprint density at radius 1 is 0.905 bits per heavy atom. The summed E-state index contributed by atoms with van der Waals surface area (Å²) < 4.78 is 1.41. The van der Waals surface area contributed by atoms with E-state index in [0.29, 0.717) is 5.41 Å². The van der Waals surface area contributed by atoms with Gasteiger partial charge in [-0.2, -0.15) is 0 Å². The molecule has 120 valence electrons. The monoisotopic (exact) mass is 325 g/mol. The van der Waals surface area contributed by atoms with Gasteiger partial charge in [-0.15, -0.1) is 0 Å². The molecule has 0 N–H and O–H groups in total. The van der Waals surface area contributed by atoms with E-state index in [-0.39, 0.29) is 19.2 Å². The van der Waals surface area contributed by atoms with Crippen LogP contribution in [0.5, 0.6) is 0 Å². The van der Waals surface area contributed by atoms with Crippen molar-refractivity contribution in [3.63, 3.8) is 0 Å². The molecule has 2 heteroatoms. The Labute approximate surface area is 142 Å². The van der Waals surface area contributed by atoms with Gasteiger partial charge in [-0.05, 0) is 0 Å². The predicted octanol–water partition coefficient (Wildman–Crippen LogP) is 5.72. The molecule has 1 unspecified atom stereocenters. The molecular formula is C19H35NTi. The fraction of sp³-hybridized carbons (Fsp3) is 0.789. The van der Waals surface area contributed by atoms with Crippen molar-refractivity contribution in [1.82, 2.24) is 4.90 Å². The van der Waals surface area contributed by atoms with Crippen molar-refractivity contribution in [1.29, 1.82) is 0 Å². The van der Waals surface area contributed by atoms with Crippen molar-refractivity contribution in [2.75, 3.05) is 20.6 Å². The van der Waals surface area contributed by atoms with Crippen LogP contribution in [0.2, 0.25) is 9.95 Å². The van der Waals surface area contributed by atoms with Crippen molar-refractivity contribution >= 4 is 0 Å². The Hall–Kier alpha value is 0.154. The molecule has 0 aliphatic heterocycles. The van der Waals surface area contributed by atoms with Gasteiger partial charge in [0.25, 0.3) is 0 Å². The molecule has 0 radical (unpaired) electrons. The normalized spacial score (nSPS) is 22.7. The van der Waals surface area contributed by atoms with Crippen LogP contribution in [0.15, 0.2) is 22.3 Å². The van der Waals surface area contributed by atoms with Crippen molar-refractivity contribution in [2.45, 2.75) is 69.8 Å². The summed E-state index contributed by atoms with van der Waals surface area (Å²) in [5.74, 6) is 0. The van der Waals surface area contributed by atoms with Crippen LogP contribution >= 0.6 is 0 Å². The van der Waals surface area contributed by atoms with Gasteiger partial charge >= 0.3 is 142 Å². The van der Waals surface area contributed by atoms with Gasteiger partial charge in [0.15, 0.2) is 0 Å². The molecule has 1 aliphatic rings. The third-order valence-electron chi connectivity index (χ3n) is 5.25. The third kappa shape index (κ3) is 3.74. The van der Waals surface area contributed by atoms with Crippen molar-refractivity contribution in [3.05, 3.63) is 22.3 Å². The molecule has 1 nitrogen and oxygen atoms in total. The van der Waals surface area contributed by atoms with Gasteiger partial charge in [-0.25, -0.2) is 0 Å². The quantitative estimate of drug-likeness (QED) is 0.490. The van der Waals surface area contributed by atoms with Crippen molar-refractivity contribution < 1.29 is 19.2 Å². The summed E-state index contributed by atoms with van der Waals surface area (Å²) in [5, 5.41) is 2.46. The molecule has 1 aliphatic carbocycles. The molecular weight excluding hydrogens is 290 g/mol. The Balaban J connectivity index is 3.38. The summed E-state index contributed by atoms with van der Waals surface area (Å²) in [4.78, 5) is 2.36. The summed E-state index contributed by atoms with van der Waals surface area (Å²) in [6.07, 6.45) is 6.30.